The zero-order valence-corrected chi connectivity index (χ0v) is 14.2. The fraction of sp³-hybridized carbons (Fsp3) is 0.278. The summed E-state index contributed by atoms with van der Waals surface area (Å²) in [5.41, 5.74) is 8.67. The zero-order valence-electron chi connectivity index (χ0n) is 14.2. The SMILES string of the molecule is NC[C@@H]1CCCN1c1nc(Nc2ccc3cn[nH]c3c2)nc2[nH]ccc12. The van der Waals surface area contributed by atoms with Crippen LogP contribution in [0.4, 0.5) is 17.5 Å². The van der Waals surface area contributed by atoms with E-state index in [-0.39, 0.29) is 0 Å². The molecule has 26 heavy (non-hydrogen) atoms. The minimum atomic E-state index is 0.331. The fourth-order valence-corrected chi connectivity index (χ4v) is 3.70. The molecular weight excluding hydrogens is 328 g/mol. The lowest BCUT2D eigenvalue weighted by molar-refractivity contribution is 0.673. The molecule has 1 aliphatic heterocycles. The number of hydrogen-bond acceptors (Lipinski definition) is 6. The summed E-state index contributed by atoms with van der Waals surface area (Å²) < 4.78 is 0. The smallest absolute Gasteiger partial charge is 0.231 e. The van der Waals surface area contributed by atoms with Crippen molar-refractivity contribution in [2.45, 2.75) is 18.9 Å². The monoisotopic (exact) mass is 348 g/mol. The van der Waals surface area contributed by atoms with Gasteiger partial charge in [0.2, 0.25) is 5.95 Å². The second-order valence-electron chi connectivity index (χ2n) is 6.63. The minimum absolute atomic E-state index is 0.331. The molecular formula is C18H20N8. The third kappa shape index (κ3) is 2.46. The van der Waals surface area contributed by atoms with Crippen molar-refractivity contribution in [2.75, 3.05) is 23.3 Å². The molecule has 5 N–H and O–H groups in total. The normalized spacial score (nSPS) is 17.4. The number of rotatable bonds is 4. The molecule has 132 valence electrons. The third-order valence-corrected chi connectivity index (χ3v) is 5.01. The van der Waals surface area contributed by atoms with Gasteiger partial charge < -0.3 is 20.9 Å². The van der Waals surface area contributed by atoms with Crippen molar-refractivity contribution in [2.24, 2.45) is 5.73 Å². The van der Waals surface area contributed by atoms with Crippen molar-refractivity contribution in [3.05, 3.63) is 36.7 Å². The van der Waals surface area contributed by atoms with E-state index >= 15 is 0 Å². The molecule has 0 radical (unpaired) electrons. The Kier molecular flexibility index (Phi) is 3.49. The van der Waals surface area contributed by atoms with Gasteiger partial charge in [-0.3, -0.25) is 5.10 Å². The average Bonchev–Trinajstić information content (AvgIpc) is 3.40. The van der Waals surface area contributed by atoms with Crippen molar-refractivity contribution in [3.8, 4) is 0 Å². The molecule has 0 bridgehead atoms. The Hall–Kier alpha value is -3.13. The molecule has 3 aromatic heterocycles. The van der Waals surface area contributed by atoms with E-state index in [0.717, 1.165) is 52.8 Å². The molecule has 5 rings (SSSR count). The molecule has 1 fully saturated rings. The number of aromatic nitrogens is 5. The van der Waals surface area contributed by atoms with Gasteiger partial charge in [0.1, 0.15) is 11.5 Å². The van der Waals surface area contributed by atoms with Gasteiger partial charge in [0.15, 0.2) is 0 Å². The van der Waals surface area contributed by atoms with Gasteiger partial charge >= 0.3 is 0 Å². The summed E-state index contributed by atoms with van der Waals surface area (Å²) in [6.45, 7) is 1.61. The lowest BCUT2D eigenvalue weighted by atomic mass is 10.2. The average molecular weight is 348 g/mol. The van der Waals surface area contributed by atoms with E-state index in [1.807, 2.05) is 30.5 Å². The van der Waals surface area contributed by atoms with Crippen LogP contribution in [-0.2, 0) is 0 Å². The maximum absolute atomic E-state index is 5.97. The molecule has 4 heterocycles. The van der Waals surface area contributed by atoms with Crippen molar-refractivity contribution >= 4 is 39.4 Å². The first-order valence-electron chi connectivity index (χ1n) is 8.84. The molecule has 0 spiro atoms. The van der Waals surface area contributed by atoms with Crippen LogP contribution in [-0.4, -0.2) is 44.3 Å². The number of nitrogens with two attached hydrogens (primary N) is 1. The van der Waals surface area contributed by atoms with E-state index < -0.39 is 0 Å². The quantitative estimate of drug-likeness (QED) is 0.451. The molecule has 0 amide bonds. The number of fused-ring (bicyclic) bond motifs is 2. The van der Waals surface area contributed by atoms with Crippen LogP contribution in [0, 0.1) is 0 Å². The number of nitrogens with zero attached hydrogens (tertiary/aromatic N) is 4. The highest BCUT2D eigenvalue weighted by Crippen LogP contribution is 2.31. The summed E-state index contributed by atoms with van der Waals surface area (Å²) >= 11 is 0. The van der Waals surface area contributed by atoms with Crippen molar-refractivity contribution in [1.82, 2.24) is 25.1 Å². The zero-order chi connectivity index (χ0) is 17.5. The molecule has 8 heteroatoms. The largest absolute Gasteiger partial charge is 0.352 e. The van der Waals surface area contributed by atoms with Crippen LogP contribution in [0.5, 0.6) is 0 Å². The second kappa shape index (κ2) is 5.99. The Bertz CT molecular complexity index is 1070. The van der Waals surface area contributed by atoms with Gasteiger partial charge in [-0.1, -0.05) is 0 Å². The fourth-order valence-electron chi connectivity index (χ4n) is 3.70. The summed E-state index contributed by atoms with van der Waals surface area (Å²) in [6, 6.07) is 8.37. The standard InChI is InChI=1S/C18H20N8/c19-9-13-2-1-7-26(13)17-14-5-6-20-16(14)23-18(24-17)22-12-4-3-11-10-21-25-15(11)8-12/h3-6,8,10,13H,1-2,7,9,19H2,(H,21,25)(H2,20,22,23,24)/t13-/m0/s1. The van der Waals surface area contributed by atoms with E-state index in [4.69, 9.17) is 10.7 Å². The summed E-state index contributed by atoms with van der Waals surface area (Å²) in [7, 11) is 0. The number of benzene rings is 1. The van der Waals surface area contributed by atoms with Gasteiger partial charge in [-0.2, -0.15) is 15.1 Å². The van der Waals surface area contributed by atoms with E-state index in [1.54, 1.807) is 6.20 Å². The first kappa shape index (κ1) is 15.2. The Labute approximate surface area is 149 Å². The molecule has 0 saturated carbocycles. The topological polar surface area (TPSA) is 112 Å². The number of aromatic amines is 2. The highest BCUT2D eigenvalue weighted by Gasteiger charge is 2.26. The molecule has 1 atom stereocenters. The van der Waals surface area contributed by atoms with E-state index in [2.05, 4.69) is 30.4 Å². The van der Waals surface area contributed by atoms with Gasteiger partial charge in [-0.25, -0.2) is 0 Å². The van der Waals surface area contributed by atoms with E-state index in [1.165, 1.54) is 0 Å². The van der Waals surface area contributed by atoms with Crippen LogP contribution in [0.15, 0.2) is 36.7 Å². The minimum Gasteiger partial charge on any atom is -0.352 e. The van der Waals surface area contributed by atoms with Gasteiger partial charge in [-0.15, -0.1) is 0 Å². The van der Waals surface area contributed by atoms with Crippen LogP contribution < -0.4 is 16.0 Å². The Morgan fingerprint density at radius 2 is 2.23 bits per heavy atom. The Morgan fingerprint density at radius 3 is 3.15 bits per heavy atom. The predicted octanol–water partition coefficient (Wildman–Crippen LogP) is 2.51. The first-order chi connectivity index (χ1) is 12.8. The number of anilines is 3. The van der Waals surface area contributed by atoms with Gasteiger partial charge in [0.05, 0.1) is 17.1 Å². The van der Waals surface area contributed by atoms with Gasteiger partial charge in [0.25, 0.3) is 0 Å². The number of H-pyrrole nitrogens is 2. The molecule has 1 aliphatic rings. The summed E-state index contributed by atoms with van der Waals surface area (Å²) in [4.78, 5) is 14.9. The molecule has 0 aliphatic carbocycles. The Morgan fingerprint density at radius 1 is 1.27 bits per heavy atom. The summed E-state index contributed by atoms with van der Waals surface area (Å²) in [6.07, 6.45) is 5.94. The molecule has 1 aromatic carbocycles. The van der Waals surface area contributed by atoms with Gasteiger partial charge in [-0.05, 0) is 37.1 Å². The lowest BCUT2D eigenvalue weighted by Gasteiger charge is -2.25. The maximum atomic E-state index is 5.97. The molecule has 0 unspecified atom stereocenters. The van der Waals surface area contributed by atoms with Crippen molar-refractivity contribution in [1.29, 1.82) is 0 Å². The van der Waals surface area contributed by atoms with Crippen LogP contribution >= 0.6 is 0 Å². The van der Waals surface area contributed by atoms with E-state index in [0.29, 0.717) is 18.5 Å². The highest BCUT2D eigenvalue weighted by atomic mass is 15.3. The van der Waals surface area contributed by atoms with Gasteiger partial charge in [0, 0.05) is 36.4 Å². The number of nitrogens with one attached hydrogen (secondary N) is 3. The lowest BCUT2D eigenvalue weighted by Crippen LogP contribution is -2.36. The Balaban J connectivity index is 1.55. The molecule has 1 saturated heterocycles. The summed E-state index contributed by atoms with van der Waals surface area (Å²) in [5, 5.41) is 12.5. The van der Waals surface area contributed by atoms with Crippen LogP contribution in [0.3, 0.4) is 0 Å². The molecule has 8 nitrogen and oxygen atoms in total. The second-order valence-corrected chi connectivity index (χ2v) is 6.63. The first-order valence-corrected chi connectivity index (χ1v) is 8.84. The van der Waals surface area contributed by atoms with Crippen molar-refractivity contribution < 1.29 is 0 Å². The van der Waals surface area contributed by atoms with Crippen LogP contribution in [0.2, 0.25) is 0 Å². The number of hydrogen-bond donors (Lipinski definition) is 4. The maximum Gasteiger partial charge on any atom is 0.231 e. The van der Waals surface area contributed by atoms with Crippen LogP contribution in [0.1, 0.15) is 12.8 Å². The third-order valence-electron chi connectivity index (χ3n) is 5.01. The predicted molar refractivity (Wildman–Crippen MR) is 103 cm³/mol. The highest BCUT2D eigenvalue weighted by molar-refractivity contribution is 5.89. The molecule has 4 aromatic rings. The van der Waals surface area contributed by atoms with Crippen LogP contribution in [0.25, 0.3) is 21.9 Å². The van der Waals surface area contributed by atoms with Crippen molar-refractivity contribution in [3.63, 3.8) is 0 Å². The van der Waals surface area contributed by atoms with E-state index in [9.17, 15) is 0 Å². The summed E-state index contributed by atoms with van der Waals surface area (Å²) in [5.74, 6) is 1.51.